The molecule has 21 unspecified atom stereocenters. The molecule has 0 aromatic heterocycles. The van der Waals surface area contributed by atoms with Crippen molar-refractivity contribution in [3.05, 3.63) is 0 Å². The zero-order valence-corrected chi connectivity index (χ0v) is 64.7. The number of rotatable bonds is 23. The third kappa shape index (κ3) is 16.6. The van der Waals surface area contributed by atoms with Gasteiger partial charge in [-0.2, -0.15) is 0 Å². The first-order valence-corrected chi connectivity index (χ1v) is 39.2. The van der Waals surface area contributed by atoms with Gasteiger partial charge in [0.05, 0.1) is 110 Å². The molecule has 4 N–H and O–H groups in total. The number of aliphatic hydroxyl groups excluding tert-OH is 4. The first-order chi connectivity index (χ1) is 46.4. The van der Waals surface area contributed by atoms with Crippen LogP contribution in [0, 0.1) is 94.7 Å². The van der Waals surface area contributed by atoms with Crippen LogP contribution in [0.5, 0.6) is 0 Å². The Hall–Kier alpha value is -0.840. The molecule has 9 saturated heterocycles. The zero-order valence-electron chi connectivity index (χ0n) is 64.7. The van der Waals surface area contributed by atoms with Gasteiger partial charge in [0, 0.05) is 47.3 Å². The molecule has 45 atom stereocenters. The van der Waals surface area contributed by atoms with E-state index in [2.05, 4.69) is 138 Å². The molecule has 9 rings (SSSR count). The summed E-state index contributed by atoms with van der Waals surface area (Å²) in [5, 5.41) is 47.1. The van der Waals surface area contributed by atoms with Crippen LogP contribution < -0.4 is 0 Å². The Balaban J connectivity index is 0.759. The fourth-order valence-corrected chi connectivity index (χ4v) is 17.9. The largest absolute Gasteiger partial charge is 0.394 e. The quantitative estimate of drug-likeness (QED) is 0.0744. The minimum Gasteiger partial charge on any atom is -0.394 e. The van der Waals surface area contributed by atoms with E-state index < -0.39 is 111 Å². The van der Waals surface area contributed by atoms with E-state index in [4.69, 9.17) is 80.5 Å². The molecular formula is C77H138O21. The zero-order chi connectivity index (χ0) is 72.0. The van der Waals surface area contributed by atoms with Crippen molar-refractivity contribution in [1.82, 2.24) is 0 Å². The monoisotopic (exact) mass is 1400 g/mol. The second kappa shape index (κ2) is 34.8. The van der Waals surface area contributed by atoms with Gasteiger partial charge in [0.25, 0.3) is 0 Å². The van der Waals surface area contributed by atoms with Gasteiger partial charge >= 0.3 is 0 Å². The molecule has 0 amide bonds. The van der Waals surface area contributed by atoms with Crippen molar-refractivity contribution in [2.45, 2.75) is 390 Å². The van der Waals surface area contributed by atoms with Gasteiger partial charge < -0.3 is 101 Å². The molecule has 9 aliphatic rings. The summed E-state index contributed by atoms with van der Waals surface area (Å²) in [6.45, 7) is 52.5. The smallest absolute Gasteiger partial charge is 0.184 e. The van der Waals surface area contributed by atoms with Crippen molar-refractivity contribution in [2.24, 2.45) is 94.7 Å². The van der Waals surface area contributed by atoms with Crippen molar-refractivity contribution in [3.63, 3.8) is 0 Å². The number of hydrogen-bond acceptors (Lipinski definition) is 21. The molecule has 0 radical (unpaired) electrons. The predicted molar refractivity (Wildman–Crippen MR) is 367 cm³/mol. The van der Waals surface area contributed by atoms with E-state index in [0.717, 1.165) is 12.8 Å². The lowest BCUT2D eigenvalue weighted by molar-refractivity contribution is -0.377. The Kier molecular flexibility index (Phi) is 28.9. The molecule has 0 aromatic carbocycles. The summed E-state index contributed by atoms with van der Waals surface area (Å²) in [6, 6.07) is 0. The van der Waals surface area contributed by atoms with Crippen molar-refractivity contribution in [2.75, 3.05) is 6.61 Å². The highest BCUT2D eigenvalue weighted by atomic mass is 16.8. The summed E-state index contributed by atoms with van der Waals surface area (Å²) >= 11 is 0. The highest BCUT2D eigenvalue weighted by Gasteiger charge is 2.57. The molecule has 572 valence electrons. The fourth-order valence-electron chi connectivity index (χ4n) is 17.9. The molecule has 98 heavy (non-hydrogen) atoms. The van der Waals surface area contributed by atoms with Crippen molar-refractivity contribution < 1.29 is 101 Å². The van der Waals surface area contributed by atoms with Gasteiger partial charge in [0.15, 0.2) is 50.3 Å². The van der Waals surface area contributed by atoms with Crippen LogP contribution in [0.3, 0.4) is 0 Å². The van der Waals surface area contributed by atoms with E-state index in [1.54, 1.807) is 0 Å². The molecule has 0 saturated carbocycles. The maximum atomic E-state index is 12.2. The van der Waals surface area contributed by atoms with Gasteiger partial charge in [-0.3, -0.25) is 0 Å². The van der Waals surface area contributed by atoms with Gasteiger partial charge in [-0.1, -0.05) is 152 Å². The van der Waals surface area contributed by atoms with Crippen LogP contribution in [0.1, 0.15) is 212 Å². The lowest BCUT2D eigenvalue weighted by atomic mass is 9.78. The Morgan fingerprint density at radius 2 is 0.459 bits per heavy atom. The maximum absolute atomic E-state index is 12.2. The molecule has 9 fully saturated rings. The topological polar surface area (TPSA) is 238 Å². The average molecular weight is 1400 g/mol. The fraction of sp³-hybridized carbons (Fsp3) is 1.00. The highest BCUT2D eigenvalue weighted by molar-refractivity contribution is 4.99. The van der Waals surface area contributed by atoms with Gasteiger partial charge in [-0.25, -0.2) is 0 Å². The summed E-state index contributed by atoms with van der Waals surface area (Å²) in [6.07, 6.45) is -10.4. The Labute approximate surface area is 590 Å². The van der Waals surface area contributed by atoms with Crippen LogP contribution in [0.25, 0.3) is 0 Å². The van der Waals surface area contributed by atoms with Crippen molar-refractivity contribution >= 4 is 0 Å². The van der Waals surface area contributed by atoms with Crippen molar-refractivity contribution in [3.8, 4) is 0 Å². The van der Waals surface area contributed by atoms with E-state index >= 15 is 0 Å². The van der Waals surface area contributed by atoms with Gasteiger partial charge in [0.1, 0.15) is 24.4 Å². The van der Waals surface area contributed by atoms with E-state index in [1.807, 2.05) is 34.6 Å². The maximum Gasteiger partial charge on any atom is 0.184 e. The highest BCUT2D eigenvalue weighted by Crippen LogP contribution is 2.48. The SMILES string of the molecule is CCC1O[C@H](O[C@@H]2C(CC)O[C@H](O[C@H]3C(CC)O[C@@H](O[C@H]4C(C)O[C@@H](O[C@@H]5C(CO)O[C@H](O[C@H]6C(C)C(C)[C@@H](O[C@H]7C(CC)O[C@@H](C)C(C)[C@H]7C)O[C@H]6C)C(C)C5O)C(C)[C@H]4C)C(C)[C@H]3C)C(O)C2C)C(C)C(C)[C@@H]1O[C@@H]1OC(CC)[C@H](O[C@@H]2OC(CC)[C@H](C)[C@H](C)C2C)[C@H](C)C1O. The lowest BCUT2D eigenvalue weighted by Gasteiger charge is -2.52. The Morgan fingerprint density at radius 3 is 0.827 bits per heavy atom. The van der Waals surface area contributed by atoms with Crippen LogP contribution in [-0.2, 0) is 80.5 Å². The van der Waals surface area contributed by atoms with E-state index in [9.17, 15) is 20.4 Å². The normalized spacial score (nSPS) is 54.5. The second-order valence-corrected chi connectivity index (χ2v) is 32.7. The Morgan fingerprint density at radius 1 is 0.204 bits per heavy atom. The molecule has 0 aromatic rings. The number of ether oxygens (including phenoxy) is 17. The minimum atomic E-state index is -1.05. The summed E-state index contributed by atoms with van der Waals surface area (Å²) in [7, 11) is 0. The number of hydrogen-bond donors (Lipinski definition) is 4. The third-order valence-corrected chi connectivity index (χ3v) is 26.8. The molecule has 0 aliphatic carbocycles. The van der Waals surface area contributed by atoms with E-state index in [-0.39, 0.29) is 145 Å². The van der Waals surface area contributed by atoms with Crippen LogP contribution >= 0.6 is 0 Å². The average Bonchev–Trinajstić information content (AvgIpc) is 0.779. The second-order valence-electron chi connectivity index (χ2n) is 32.7. The molecule has 0 bridgehead atoms. The molecule has 0 spiro atoms. The predicted octanol–water partition coefficient (Wildman–Crippen LogP) is 11.4. The molecule has 21 heteroatoms. The van der Waals surface area contributed by atoms with Crippen LogP contribution in [0.2, 0.25) is 0 Å². The van der Waals surface area contributed by atoms with Crippen LogP contribution in [0.4, 0.5) is 0 Å². The summed E-state index contributed by atoms with van der Waals surface area (Å²) in [5.74, 6) is -0.113. The van der Waals surface area contributed by atoms with Crippen LogP contribution in [0.15, 0.2) is 0 Å². The third-order valence-electron chi connectivity index (χ3n) is 26.8. The van der Waals surface area contributed by atoms with Gasteiger partial charge in [-0.05, 0) is 107 Å². The number of aliphatic hydroxyl groups is 4. The molecule has 9 heterocycles. The lowest BCUT2D eigenvalue weighted by Crippen LogP contribution is -2.62. The van der Waals surface area contributed by atoms with Gasteiger partial charge in [0.2, 0.25) is 0 Å². The molecular weight excluding hydrogens is 1260 g/mol. The first kappa shape index (κ1) is 81.2. The summed E-state index contributed by atoms with van der Waals surface area (Å²) in [4.78, 5) is 0. The van der Waals surface area contributed by atoms with E-state index in [0.29, 0.717) is 49.4 Å². The molecule has 9 aliphatic heterocycles. The summed E-state index contributed by atoms with van der Waals surface area (Å²) < 4.78 is 115. The minimum absolute atomic E-state index is 0.0115. The van der Waals surface area contributed by atoms with Gasteiger partial charge in [-0.15, -0.1) is 0 Å². The van der Waals surface area contributed by atoms with Crippen LogP contribution in [-0.4, -0.2) is 206 Å². The van der Waals surface area contributed by atoms with E-state index in [1.165, 1.54) is 0 Å². The van der Waals surface area contributed by atoms with Crippen molar-refractivity contribution in [1.29, 1.82) is 0 Å². The Bertz CT molecular complexity index is 2380. The molecule has 21 nitrogen and oxygen atoms in total. The standard InChI is InChI=1S/C77H138O21/c1-26-52-35(9)33(7)41(15)72(85-52)94-67-46(20)60(80)76(88-56(67)30-5)97-66-40(14)45(19)74(87-55(66)29-4)95-68-47(21)61(81)77(89-57(68)31-6)96-65-39(13)44(18)73(86-54(65)28-3)91-62-38(12)43(17)71(84-50(62)24)98-69-58(32-78)90-75(48(22)59(69)79)92-63-37(11)42(16)70(83-51(63)25)93-64-36(10)34(8)49(23)82-53(64)27-2/h33-81H,26-32H2,1-25H3/t33-,34?,35+,36+,37?,38+,39+,40?,41?,42?,43?,44?,45?,46+,47?,48?,49-,50?,51-,52?,53?,54?,55?,56?,57?,58?,59?,60?,61?,62+,63-,64+,65+,66-,67+,68-,69+,70+,71-,72-,73-,74+,75+,76-,77+/m0/s1. The summed E-state index contributed by atoms with van der Waals surface area (Å²) in [5.41, 5.74) is 0. The first-order valence-electron chi connectivity index (χ1n) is 39.2.